The first-order valence-corrected chi connectivity index (χ1v) is 12.5. The molecular formula is C28H36ClN5O4. The van der Waals surface area contributed by atoms with Crippen molar-refractivity contribution in [2.45, 2.75) is 44.9 Å². The highest BCUT2D eigenvalue weighted by atomic mass is 35.5. The molecule has 2 aliphatic rings. The standard InChI is InChI=1S/C28H35N5O4.ClH/c1-27(2,29)25(35)30-22(18-37-17-21-12-8-5-9-13-21)24(34)33-15-14-23-28(19-33,26(36)32(3)31-23)16-20-10-6-4-7-11-20;/h4-13,22H,14-19,29H2,1-3H3,(H,30,35);1H/t22-,28?;/m1./s1. The van der Waals surface area contributed by atoms with Crippen LogP contribution in [-0.2, 0) is 32.1 Å². The Morgan fingerprint density at radius 3 is 2.32 bits per heavy atom. The zero-order chi connectivity index (χ0) is 26.6. The zero-order valence-corrected chi connectivity index (χ0v) is 22.9. The van der Waals surface area contributed by atoms with Crippen molar-refractivity contribution >= 4 is 35.8 Å². The molecule has 3 amide bonds. The van der Waals surface area contributed by atoms with E-state index in [2.05, 4.69) is 10.4 Å². The smallest absolute Gasteiger partial charge is 0.256 e. The number of amides is 3. The number of halogens is 1. The first kappa shape index (κ1) is 29.3. The van der Waals surface area contributed by atoms with E-state index in [1.165, 1.54) is 5.01 Å². The van der Waals surface area contributed by atoms with Gasteiger partial charge < -0.3 is 20.7 Å². The third-order valence-electron chi connectivity index (χ3n) is 6.85. The Hall–Kier alpha value is -3.27. The number of fused-ring (bicyclic) bond motifs is 1. The number of benzene rings is 2. The number of carbonyl (C=O) groups is 3. The number of nitrogens with two attached hydrogens (primary N) is 1. The number of likely N-dealkylation sites (tertiary alicyclic amines) is 1. The van der Waals surface area contributed by atoms with E-state index in [0.717, 1.165) is 16.8 Å². The molecule has 1 fully saturated rings. The molecule has 0 spiro atoms. The quantitative estimate of drug-likeness (QED) is 0.504. The molecule has 2 heterocycles. The number of hydrogen-bond donors (Lipinski definition) is 2. The first-order chi connectivity index (χ1) is 17.6. The lowest BCUT2D eigenvalue weighted by Crippen LogP contribution is -2.61. The molecule has 0 aliphatic carbocycles. The molecule has 2 aromatic rings. The molecule has 4 rings (SSSR count). The monoisotopic (exact) mass is 541 g/mol. The number of piperidine rings is 1. The molecule has 1 unspecified atom stereocenters. The highest BCUT2D eigenvalue weighted by Crippen LogP contribution is 2.38. The fourth-order valence-electron chi connectivity index (χ4n) is 4.82. The zero-order valence-electron chi connectivity index (χ0n) is 22.1. The summed E-state index contributed by atoms with van der Waals surface area (Å²) in [6, 6.07) is 18.4. The molecule has 1 saturated heterocycles. The summed E-state index contributed by atoms with van der Waals surface area (Å²) < 4.78 is 5.85. The van der Waals surface area contributed by atoms with Crippen LogP contribution >= 0.6 is 12.4 Å². The van der Waals surface area contributed by atoms with Gasteiger partial charge in [-0.1, -0.05) is 60.7 Å². The lowest BCUT2D eigenvalue weighted by molar-refractivity contribution is -0.143. The molecule has 2 atom stereocenters. The molecular weight excluding hydrogens is 506 g/mol. The van der Waals surface area contributed by atoms with E-state index >= 15 is 0 Å². The van der Waals surface area contributed by atoms with Gasteiger partial charge in [0.25, 0.3) is 5.91 Å². The highest BCUT2D eigenvalue weighted by Gasteiger charge is 2.54. The van der Waals surface area contributed by atoms with Gasteiger partial charge in [-0.15, -0.1) is 12.4 Å². The molecule has 3 N–H and O–H groups in total. The van der Waals surface area contributed by atoms with Gasteiger partial charge in [0.05, 0.1) is 24.5 Å². The number of rotatable bonds is 9. The SMILES string of the molecule is CN1N=C2CCN(C(=O)[C@@H](COCc3ccccc3)NC(=O)C(C)(C)N)CC2(Cc2ccccc2)C1=O.Cl. The van der Waals surface area contributed by atoms with Crippen molar-refractivity contribution in [3.63, 3.8) is 0 Å². The molecule has 9 nitrogen and oxygen atoms in total. The van der Waals surface area contributed by atoms with Crippen LogP contribution in [0.5, 0.6) is 0 Å². The fourth-order valence-corrected chi connectivity index (χ4v) is 4.82. The normalized spacial score (nSPS) is 19.8. The van der Waals surface area contributed by atoms with Crippen molar-refractivity contribution in [2.75, 3.05) is 26.7 Å². The minimum atomic E-state index is -1.17. The topological polar surface area (TPSA) is 117 Å². The van der Waals surface area contributed by atoms with E-state index in [1.807, 2.05) is 60.7 Å². The molecule has 204 valence electrons. The Bertz CT molecular complexity index is 1170. The highest BCUT2D eigenvalue weighted by molar-refractivity contribution is 6.13. The van der Waals surface area contributed by atoms with Crippen molar-refractivity contribution in [1.82, 2.24) is 15.2 Å². The maximum Gasteiger partial charge on any atom is 0.256 e. The van der Waals surface area contributed by atoms with Crippen LogP contribution in [0.4, 0.5) is 0 Å². The molecule has 0 bridgehead atoms. The predicted octanol–water partition coefficient (Wildman–Crippen LogP) is 2.14. The molecule has 0 radical (unpaired) electrons. The predicted molar refractivity (Wildman–Crippen MR) is 148 cm³/mol. The summed E-state index contributed by atoms with van der Waals surface area (Å²) in [6.45, 7) is 4.02. The van der Waals surface area contributed by atoms with Crippen molar-refractivity contribution in [2.24, 2.45) is 16.3 Å². The summed E-state index contributed by atoms with van der Waals surface area (Å²) in [7, 11) is 1.65. The maximum absolute atomic E-state index is 13.8. The number of nitrogens with one attached hydrogen (secondary N) is 1. The number of carbonyl (C=O) groups excluding carboxylic acids is 3. The second-order valence-corrected chi connectivity index (χ2v) is 10.4. The molecule has 0 aromatic heterocycles. The van der Waals surface area contributed by atoms with E-state index in [1.54, 1.807) is 25.8 Å². The summed E-state index contributed by atoms with van der Waals surface area (Å²) in [5.41, 5.74) is 6.63. The summed E-state index contributed by atoms with van der Waals surface area (Å²) in [5, 5.41) is 8.67. The van der Waals surface area contributed by atoms with Crippen LogP contribution in [0.15, 0.2) is 65.8 Å². The van der Waals surface area contributed by atoms with Gasteiger partial charge in [0.15, 0.2) is 0 Å². The Morgan fingerprint density at radius 2 is 1.71 bits per heavy atom. The second kappa shape index (κ2) is 12.1. The van der Waals surface area contributed by atoms with Crippen molar-refractivity contribution in [1.29, 1.82) is 0 Å². The summed E-state index contributed by atoms with van der Waals surface area (Å²) in [5.74, 6) is -0.892. The molecule has 2 aromatic carbocycles. The van der Waals surface area contributed by atoms with Crippen molar-refractivity contribution in [3.8, 4) is 0 Å². The van der Waals surface area contributed by atoms with Crippen LogP contribution in [-0.4, -0.2) is 71.7 Å². The van der Waals surface area contributed by atoms with Crippen LogP contribution in [0.1, 0.15) is 31.4 Å². The Labute approximate surface area is 229 Å². The lowest BCUT2D eigenvalue weighted by atomic mass is 9.73. The van der Waals surface area contributed by atoms with Gasteiger partial charge >= 0.3 is 0 Å². The Balaban J connectivity index is 0.00000400. The van der Waals surface area contributed by atoms with Gasteiger partial charge in [0.2, 0.25) is 11.8 Å². The third-order valence-corrected chi connectivity index (χ3v) is 6.85. The van der Waals surface area contributed by atoms with Gasteiger partial charge in [0, 0.05) is 26.6 Å². The van der Waals surface area contributed by atoms with E-state index in [4.69, 9.17) is 10.5 Å². The van der Waals surface area contributed by atoms with Gasteiger partial charge in [-0.25, -0.2) is 5.01 Å². The first-order valence-electron chi connectivity index (χ1n) is 12.5. The summed E-state index contributed by atoms with van der Waals surface area (Å²) in [6.07, 6.45) is 0.916. The van der Waals surface area contributed by atoms with Crippen molar-refractivity contribution < 1.29 is 19.1 Å². The van der Waals surface area contributed by atoms with Crippen LogP contribution in [0.2, 0.25) is 0 Å². The minimum absolute atomic E-state index is 0. The molecule has 2 aliphatic heterocycles. The number of ether oxygens (including phenoxy) is 1. The van der Waals surface area contributed by atoms with Crippen LogP contribution in [0.3, 0.4) is 0 Å². The largest absolute Gasteiger partial charge is 0.374 e. The Kier molecular flexibility index (Phi) is 9.30. The maximum atomic E-state index is 13.8. The van der Waals surface area contributed by atoms with Crippen molar-refractivity contribution in [3.05, 3.63) is 71.8 Å². The van der Waals surface area contributed by atoms with E-state index < -0.39 is 22.9 Å². The number of hydrazone groups is 1. The minimum Gasteiger partial charge on any atom is -0.374 e. The van der Waals surface area contributed by atoms with Crippen LogP contribution in [0.25, 0.3) is 0 Å². The van der Waals surface area contributed by atoms with Gasteiger partial charge in [-0.3, -0.25) is 14.4 Å². The Morgan fingerprint density at radius 1 is 1.11 bits per heavy atom. The fraction of sp³-hybridized carbons (Fsp3) is 0.429. The van der Waals surface area contributed by atoms with Gasteiger partial charge in [-0.2, -0.15) is 5.10 Å². The molecule has 10 heteroatoms. The van der Waals surface area contributed by atoms with E-state index in [0.29, 0.717) is 26.0 Å². The molecule has 0 saturated carbocycles. The second-order valence-electron chi connectivity index (χ2n) is 10.4. The molecule has 38 heavy (non-hydrogen) atoms. The van der Waals surface area contributed by atoms with Crippen LogP contribution in [0, 0.1) is 5.41 Å². The lowest BCUT2D eigenvalue weighted by Gasteiger charge is -2.40. The summed E-state index contributed by atoms with van der Waals surface area (Å²) in [4.78, 5) is 41.6. The van der Waals surface area contributed by atoms with Gasteiger partial charge in [-0.05, 0) is 31.4 Å². The number of nitrogens with zero attached hydrogens (tertiary/aromatic N) is 3. The average molecular weight is 542 g/mol. The number of hydrogen-bond acceptors (Lipinski definition) is 6. The average Bonchev–Trinajstić information content (AvgIpc) is 3.12. The van der Waals surface area contributed by atoms with Crippen LogP contribution < -0.4 is 11.1 Å². The van der Waals surface area contributed by atoms with E-state index in [-0.39, 0.29) is 37.4 Å². The van der Waals surface area contributed by atoms with Gasteiger partial charge in [0.1, 0.15) is 11.5 Å². The third kappa shape index (κ3) is 6.40. The summed E-state index contributed by atoms with van der Waals surface area (Å²) >= 11 is 0. The van der Waals surface area contributed by atoms with E-state index in [9.17, 15) is 14.4 Å².